The van der Waals surface area contributed by atoms with E-state index in [1.807, 2.05) is 0 Å². The zero-order valence-electron chi connectivity index (χ0n) is 36.9. The molecule has 1 atom stereocenters. The summed E-state index contributed by atoms with van der Waals surface area (Å²) in [6.45, 7) is 6.53. The lowest BCUT2D eigenvalue weighted by Crippen LogP contribution is -2.30. The first kappa shape index (κ1) is 53.4. The van der Waals surface area contributed by atoms with Gasteiger partial charge in [0.15, 0.2) is 6.10 Å². The van der Waals surface area contributed by atoms with Crippen molar-refractivity contribution in [3.05, 3.63) is 48.6 Å². The molecule has 0 aliphatic carbocycles. The molecule has 0 spiro atoms. The number of hydrogen-bond acceptors (Lipinski definition) is 6. The van der Waals surface area contributed by atoms with Crippen LogP contribution in [0.3, 0.4) is 0 Å². The Balaban J connectivity index is 4.42. The minimum atomic E-state index is -0.788. The molecule has 0 amide bonds. The molecule has 0 saturated heterocycles. The number of unbranched alkanes of at least 4 members (excludes halogenated alkanes) is 23. The summed E-state index contributed by atoms with van der Waals surface area (Å²) in [7, 11) is 0. The molecule has 0 N–H and O–H groups in total. The van der Waals surface area contributed by atoms with E-state index in [1.165, 1.54) is 109 Å². The maximum absolute atomic E-state index is 12.7. The molecule has 0 radical (unpaired) electrons. The molecule has 6 heteroatoms. The number of rotatable bonds is 42. The molecule has 0 heterocycles. The predicted molar refractivity (Wildman–Crippen MR) is 238 cm³/mol. The van der Waals surface area contributed by atoms with Crippen LogP contribution in [0.4, 0.5) is 0 Å². The number of allylic oxidation sites excluding steroid dienone is 8. The van der Waals surface area contributed by atoms with E-state index < -0.39 is 6.10 Å². The molecule has 0 unspecified atom stereocenters. The fourth-order valence-corrected chi connectivity index (χ4v) is 6.44. The Morgan fingerprint density at radius 1 is 0.357 bits per heavy atom. The third-order valence-corrected chi connectivity index (χ3v) is 10.1. The van der Waals surface area contributed by atoms with Crippen molar-refractivity contribution in [2.75, 3.05) is 13.2 Å². The van der Waals surface area contributed by atoms with Crippen molar-refractivity contribution < 1.29 is 28.6 Å². The summed E-state index contributed by atoms with van der Waals surface area (Å²) in [4.78, 5) is 37.7. The van der Waals surface area contributed by atoms with E-state index in [1.54, 1.807) is 0 Å². The largest absolute Gasteiger partial charge is 0.462 e. The van der Waals surface area contributed by atoms with Gasteiger partial charge in [0.05, 0.1) is 0 Å². The quantitative estimate of drug-likeness (QED) is 0.0265. The van der Waals surface area contributed by atoms with E-state index in [2.05, 4.69) is 69.4 Å². The number of esters is 3. The SMILES string of the molecule is CCCCC/C=C\C/C=C\C/C=C\CCCCC(=O)OC[C@@H](COC(=O)CCCCCCCCCCC)OC(=O)CCCCCCC/C=C\CCCCCCC. The van der Waals surface area contributed by atoms with Crippen LogP contribution in [0.25, 0.3) is 0 Å². The lowest BCUT2D eigenvalue weighted by Gasteiger charge is -2.18. The lowest BCUT2D eigenvalue weighted by molar-refractivity contribution is -0.167. The Morgan fingerprint density at radius 2 is 0.643 bits per heavy atom. The Kier molecular flexibility index (Phi) is 43.0. The highest BCUT2D eigenvalue weighted by Gasteiger charge is 2.19. The average Bonchev–Trinajstić information content (AvgIpc) is 3.19. The molecular weight excluding hydrogens is 697 g/mol. The number of carbonyl (C=O) groups is 3. The minimum Gasteiger partial charge on any atom is -0.462 e. The van der Waals surface area contributed by atoms with E-state index in [4.69, 9.17) is 14.2 Å². The van der Waals surface area contributed by atoms with Gasteiger partial charge in [-0.3, -0.25) is 14.4 Å². The molecule has 0 rings (SSSR count). The van der Waals surface area contributed by atoms with E-state index in [9.17, 15) is 14.4 Å². The summed E-state index contributed by atoms with van der Waals surface area (Å²) in [6.07, 6.45) is 52.4. The first-order chi connectivity index (χ1) is 27.5. The molecule has 6 nitrogen and oxygen atoms in total. The molecule has 56 heavy (non-hydrogen) atoms. The van der Waals surface area contributed by atoms with Crippen LogP contribution in [0.2, 0.25) is 0 Å². The van der Waals surface area contributed by atoms with Crippen LogP contribution >= 0.6 is 0 Å². The number of ether oxygens (including phenoxy) is 3. The predicted octanol–water partition coefficient (Wildman–Crippen LogP) is 15.1. The number of carbonyl (C=O) groups excluding carboxylic acids is 3. The topological polar surface area (TPSA) is 78.9 Å². The standard InChI is InChI=1S/C50H88O6/c1-4-7-10-13-16-19-21-23-25-27-28-31-34-37-40-43-49(52)55-46-47(45-54-48(51)42-39-36-33-30-18-15-12-9-6-3)56-50(53)44-41-38-35-32-29-26-24-22-20-17-14-11-8-5-2/h16,19,22-25,28,31,47H,4-15,17-18,20-21,26-27,29-30,32-46H2,1-3H3/b19-16-,24-22-,25-23-,31-28-/t47-/m1/s1. The molecule has 0 saturated carbocycles. The van der Waals surface area contributed by atoms with Crippen LogP contribution in [-0.2, 0) is 28.6 Å². The molecule has 0 fully saturated rings. The molecule has 0 aromatic carbocycles. The summed E-state index contributed by atoms with van der Waals surface area (Å²) >= 11 is 0. The lowest BCUT2D eigenvalue weighted by atomic mass is 10.1. The van der Waals surface area contributed by atoms with Crippen molar-refractivity contribution in [2.45, 2.75) is 239 Å². The molecular formula is C50H88O6. The van der Waals surface area contributed by atoms with Gasteiger partial charge in [-0.25, -0.2) is 0 Å². The molecule has 324 valence electrons. The Hall–Kier alpha value is -2.63. The van der Waals surface area contributed by atoms with Gasteiger partial charge < -0.3 is 14.2 Å². The van der Waals surface area contributed by atoms with Gasteiger partial charge in [0.2, 0.25) is 0 Å². The Labute approximate surface area is 346 Å². The summed E-state index contributed by atoms with van der Waals surface area (Å²) in [5.74, 6) is -0.938. The molecule has 0 bridgehead atoms. The average molecular weight is 785 g/mol. The normalized spacial score (nSPS) is 12.4. The first-order valence-electron chi connectivity index (χ1n) is 23.6. The second-order valence-corrected chi connectivity index (χ2v) is 15.7. The fraction of sp³-hybridized carbons (Fsp3) is 0.780. The highest BCUT2D eigenvalue weighted by molar-refractivity contribution is 5.71. The number of hydrogen-bond donors (Lipinski definition) is 0. The van der Waals surface area contributed by atoms with Crippen LogP contribution in [0.15, 0.2) is 48.6 Å². The van der Waals surface area contributed by atoms with Crippen molar-refractivity contribution >= 4 is 17.9 Å². The molecule has 0 aromatic heterocycles. The second kappa shape index (κ2) is 45.1. The molecule has 0 aliphatic rings. The van der Waals surface area contributed by atoms with Crippen LogP contribution in [0.1, 0.15) is 233 Å². The Morgan fingerprint density at radius 3 is 1.09 bits per heavy atom. The van der Waals surface area contributed by atoms with Crippen molar-refractivity contribution in [3.63, 3.8) is 0 Å². The van der Waals surface area contributed by atoms with Crippen molar-refractivity contribution in [3.8, 4) is 0 Å². The van der Waals surface area contributed by atoms with Crippen LogP contribution in [0.5, 0.6) is 0 Å². The van der Waals surface area contributed by atoms with Gasteiger partial charge in [-0.2, -0.15) is 0 Å². The van der Waals surface area contributed by atoms with Gasteiger partial charge in [0.1, 0.15) is 13.2 Å². The fourth-order valence-electron chi connectivity index (χ4n) is 6.44. The smallest absolute Gasteiger partial charge is 0.306 e. The zero-order chi connectivity index (χ0) is 40.8. The highest BCUT2D eigenvalue weighted by Crippen LogP contribution is 2.13. The summed E-state index contributed by atoms with van der Waals surface area (Å²) in [5, 5.41) is 0. The summed E-state index contributed by atoms with van der Waals surface area (Å²) < 4.78 is 16.7. The van der Waals surface area contributed by atoms with Gasteiger partial charge >= 0.3 is 17.9 Å². The Bertz CT molecular complexity index is 996. The summed E-state index contributed by atoms with van der Waals surface area (Å²) in [6, 6.07) is 0. The third kappa shape index (κ3) is 42.5. The van der Waals surface area contributed by atoms with E-state index in [0.29, 0.717) is 19.3 Å². The van der Waals surface area contributed by atoms with Crippen molar-refractivity contribution in [2.24, 2.45) is 0 Å². The summed E-state index contributed by atoms with van der Waals surface area (Å²) in [5.41, 5.74) is 0. The minimum absolute atomic E-state index is 0.0873. The van der Waals surface area contributed by atoms with E-state index in [-0.39, 0.29) is 31.1 Å². The van der Waals surface area contributed by atoms with Gasteiger partial charge in [0.25, 0.3) is 0 Å². The van der Waals surface area contributed by atoms with Crippen molar-refractivity contribution in [1.82, 2.24) is 0 Å². The van der Waals surface area contributed by atoms with E-state index >= 15 is 0 Å². The van der Waals surface area contributed by atoms with Gasteiger partial charge in [-0.05, 0) is 83.5 Å². The van der Waals surface area contributed by atoms with Crippen LogP contribution < -0.4 is 0 Å². The second-order valence-electron chi connectivity index (χ2n) is 15.7. The highest BCUT2D eigenvalue weighted by atomic mass is 16.6. The monoisotopic (exact) mass is 785 g/mol. The van der Waals surface area contributed by atoms with Crippen molar-refractivity contribution in [1.29, 1.82) is 0 Å². The molecule has 0 aromatic rings. The van der Waals surface area contributed by atoms with E-state index in [0.717, 1.165) is 83.5 Å². The van der Waals surface area contributed by atoms with Crippen LogP contribution in [-0.4, -0.2) is 37.2 Å². The third-order valence-electron chi connectivity index (χ3n) is 10.1. The van der Waals surface area contributed by atoms with Gasteiger partial charge in [-0.15, -0.1) is 0 Å². The maximum Gasteiger partial charge on any atom is 0.306 e. The van der Waals surface area contributed by atoms with Gasteiger partial charge in [-0.1, -0.05) is 179 Å². The van der Waals surface area contributed by atoms with Crippen LogP contribution in [0, 0.1) is 0 Å². The first-order valence-corrected chi connectivity index (χ1v) is 23.6. The zero-order valence-corrected chi connectivity index (χ0v) is 36.9. The van der Waals surface area contributed by atoms with Gasteiger partial charge in [0, 0.05) is 19.3 Å². The maximum atomic E-state index is 12.7. The molecule has 0 aliphatic heterocycles.